The van der Waals surface area contributed by atoms with Gasteiger partial charge in [-0.3, -0.25) is 10.1 Å². The number of fused-ring (bicyclic) bond motifs is 1. The second kappa shape index (κ2) is 2.58. The first-order valence-corrected chi connectivity index (χ1v) is 3.90. The molecule has 0 spiro atoms. The smallest absolute Gasteiger partial charge is 0.279 e. The quantitative estimate of drug-likeness (QED) is 0.535. The van der Waals surface area contributed by atoms with Crippen molar-refractivity contribution in [1.29, 1.82) is 0 Å². The predicted octanol–water partition coefficient (Wildman–Crippen LogP) is 2.38. The number of H-pyrrole nitrogens is 1. The molecule has 13 heavy (non-hydrogen) atoms. The molecule has 1 N–H and O–H groups in total. The number of aromatic amines is 1. The maximum absolute atomic E-state index is 10.7. The fourth-order valence-corrected chi connectivity index (χ4v) is 1.44. The minimum atomic E-state index is -0.358. The molecule has 1 aromatic heterocycles. The van der Waals surface area contributed by atoms with Gasteiger partial charge in [-0.05, 0) is 24.6 Å². The van der Waals surface area contributed by atoms with Crippen molar-refractivity contribution in [2.75, 3.05) is 0 Å². The monoisotopic (exact) mass is 176 g/mol. The molecule has 2 rings (SSSR count). The summed E-state index contributed by atoms with van der Waals surface area (Å²) in [6.45, 7) is 1.84. The van der Waals surface area contributed by atoms with Crippen molar-refractivity contribution in [2.45, 2.75) is 6.92 Å². The number of nitrogens with one attached hydrogen (secondary N) is 1. The van der Waals surface area contributed by atoms with Crippen molar-refractivity contribution >= 4 is 16.6 Å². The largest absolute Gasteiger partial charge is 0.361 e. The van der Waals surface area contributed by atoms with Gasteiger partial charge in [0.15, 0.2) is 0 Å². The molecule has 1 aromatic carbocycles. The Morgan fingerprint density at radius 1 is 1.46 bits per heavy atom. The summed E-state index contributed by atoms with van der Waals surface area (Å²) in [7, 11) is 0. The van der Waals surface area contributed by atoms with Gasteiger partial charge in [-0.15, -0.1) is 0 Å². The summed E-state index contributed by atoms with van der Waals surface area (Å²) in [6, 6.07) is 5.19. The van der Waals surface area contributed by atoms with E-state index in [1.54, 1.807) is 18.3 Å². The molecule has 0 atom stereocenters. The van der Waals surface area contributed by atoms with E-state index in [1.807, 2.05) is 13.0 Å². The van der Waals surface area contributed by atoms with Crippen LogP contribution >= 0.6 is 0 Å². The molecule has 0 radical (unpaired) electrons. The van der Waals surface area contributed by atoms with E-state index in [4.69, 9.17) is 0 Å². The predicted molar refractivity (Wildman–Crippen MR) is 49.7 cm³/mol. The van der Waals surface area contributed by atoms with Crippen LogP contribution in [0.3, 0.4) is 0 Å². The Labute approximate surface area is 74.3 Å². The van der Waals surface area contributed by atoms with Crippen molar-refractivity contribution in [3.63, 3.8) is 0 Å². The number of nitro groups is 1. The van der Waals surface area contributed by atoms with E-state index < -0.39 is 0 Å². The van der Waals surface area contributed by atoms with Gasteiger partial charge in [0.1, 0.15) is 0 Å². The SMILES string of the molecule is Cc1cc([N+](=O)[O-])c2cc[nH]c2c1. The molecule has 0 bridgehead atoms. The van der Waals surface area contributed by atoms with Crippen LogP contribution in [0.5, 0.6) is 0 Å². The van der Waals surface area contributed by atoms with Gasteiger partial charge < -0.3 is 4.98 Å². The Kier molecular flexibility index (Phi) is 1.55. The molecule has 0 aliphatic rings. The Bertz CT molecular complexity index is 473. The zero-order chi connectivity index (χ0) is 9.42. The molecule has 0 aliphatic heterocycles. The summed E-state index contributed by atoms with van der Waals surface area (Å²) in [5, 5.41) is 11.3. The van der Waals surface area contributed by atoms with Crippen molar-refractivity contribution in [3.8, 4) is 0 Å². The van der Waals surface area contributed by atoms with Crippen LogP contribution in [0.4, 0.5) is 5.69 Å². The molecule has 2 aromatic rings. The van der Waals surface area contributed by atoms with Gasteiger partial charge in [-0.1, -0.05) is 0 Å². The Balaban J connectivity index is 2.84. The molecule has 1 heterocycles. The zero-order valence-electron chi connectivity index (χ0n) is 7.07. The number of benzene rings is 1. The molecule has 0 saturated carbocycles. The van der Waals surface area contributed by atoms with Crippen molar-refractivity contribution < 1.29 is 4.92 Å². The molecule has 4 heteroatoms. The molecule has 4 nitrogen and oxygen atoms in total. The van der Waals surface area contributed by atoms with E-state index in [0.717, 1.165) is 11.1 Å². The fraction of sp³-hybridized carbons (Fsp3) is 0.111. The van der Waals surface area contributed by atoms with E-state index in [0.29, 0.717) is 5.39 Å². The van der Waals surface area contributed by atoms with Crippen LogP contribution in [-0.2, 0) is 0 Å². The third-order valence-electron chi connectivity index (χ3n) is 1.99. The maximum Gasteiger partial charge on any atom is 0.279 e. The Morgan fingerprint density at radius 2 is 2.23 bits per heavy atom. The van der Waals surface area contributed by atoms with Crippen molar-refractivity contribution in [3.05, 3.63) is 40.1 Å². The van der Waals surface area contributed by atoms with E-state index >= 15 is 0 Å². The first kappa shape index (κ1) is 7.79. The molecule has 0 unspecified atom stereocenters. The van der Waals surface area contributed by atoms with E-state index in [2.05, 4.69) is 4.98 Å². The van der Waals surface area contributed by atoms with Gasteiger partial charge in [0.2, 0.25) is 0 Å². The Morgan fingerprint density at radius 3 is 2.92 bits per heavy atom. The van der Waals surface area contributed by atoms with Gasteiger partial charge in [0, 0.05) is 12.3 Å². The van der Waals surface area contributed by atoms with Crippen LogP contribution in [0, 0.1) is 17.0 Å². The summed E-state index contributed by atoms with van der Waals surface area (Å²) in [5.74, 6) is 0. The number of nitro benzene ring substituents is 1. The molecule has 0 fully saturated rings. The summed E-state index contributed by atoms with van der Waals surface area (Å²) in [6.07, 6.45) is 1.71. The van der Waals surface area contributed by atoms with Crippen LogP contribution in [0.25, 0.3) is 10.9 Å². The number of aryl methyl sites for hydroxylation is 1. The lowest BCUT2D eigenvalue weighted by atomic mass is 10.1. The number of rotatable bonds is 1. The van der Waals surface area contributed by atoms with Gasteiger partial charge in [0.25, 0.3) is 5.69 Å². The number of aromatic nitrogens is 1. The second-order valence-electron chi connectivity index (χ2n) is 2.98. The van der Waals surface area contributed by atoms with E-state index in [9.17, 15) is 10.1 Å². The van der Waals surface area contributed by atoms with Crippen LogP contribution in [0.15, 0.2) is 24.4 Å². The molecule has 0 aliphatic carbocycles. The van der Waals surface area contributed by atoms with Gasteiger partial charge in [0.05, 0.1) is 15.8 Å². The third-order valence-corrected chi connectivity index (χ3v) is 1.99. The molecule has 66 valence electrons. The van der Waals surface area contributed by atoms with Gasteiger partial charge in [-0.25, -0.2) is 0 Å². The minimum absolute atomic E-state index is 0.163. The lowest BCUT2D eigenvalue weighted by molar-refractivity contribution is -0.383. The van der Waals surface area contributed by atoms with Crippen LogP contribution in [0.2, 0.25) is 0 Å². The number of non-ortho nitro benzene ring substituents is 1. The van der Waals surface area contributed by atoms with Crippen LogP contribution in [0.1, 0.15) is 5.56 Å². The molecule has 0 saturated heterocycles. The number of hydrogen-bond donors (Lipinski definition) is 1. The minimum Gasteiger partial charge on any atom is -0.361 e. The summed E-state index contributed by atoms with van der Waals surface area (Å²) >= 11 is 0. The van der Waals surface area contributed by atoms with Crippen LogP contribution in [-0.4, -0.2) is 9.91 Å². The zero-order valence-corrected chi connectivity index (χ0v) is 7.07. The molecular weight excluding hydrogens is 168 g/mol. The van der Waals surface area contributed by atoms with Gasteiger partial charge in [-0.2, -0.15) is 0 Å². The normalized spacial score (nSPS) is 10.5. The highest BCUT2D eigenvalue weighted by Crippen LogP contribution is 2.25. The average molecular weight is 176 g/mol. The first-order valence-electron chi connectivity index (χ1n) is 3.90. The highest BCUT2D eigenvalue weighted by Gasteiger charge is 2.12. The topological polar surface area (TPSA) is 58.9 Å². The molecular formula is C9H8N2O2. The van der Waals surface area contributed by atoms with E-state index in [1.165, 1.54) is 0 Å². The summed E-state index contributed by atoms with van der Waals surface area (Å²) < 4.78 is 0. The first-order chi connectivity index (χ1) is 6.18. The Hall–Kier alpha value is -1.84. The number of hydrogen-bond acceptors (Lipinski definition) is 2. The number of nitrogens with zero attached hydrogens (tertiary/aromatic N) is 1. The molecule has 0 amide bonds. The van der Waals surface area contributed by atoms with Crippen molar-refractivity contribution in [1.82, 2.24) is 4.98 Å². The maximum atomic E-state index is 10.7. The van der Waals surface area contributed by atoms with Crippen LogP contribution < -0.4 is 0 Å². The standard InChI is InChI=1S/C9H8N2O2/c1-6-4-8-7(2-3-10-8)9(5-6)11(12)13/h2-5,10H,1H3. The lowest BCUT2D eigenvalue weighted by Crippen LogP contribution is -1.89. The fourth-order valence-electron chi connectivity index (χ4n) is 1.44. The summed E-state index contributed by atoms with van der Waals surface area (Å²) in [4.78, 5) is 13.3. The van der Waals surface area contributed by atoms with E-state index in [-0.39, 0.29) is 10.6 Å². The average Bonchev–Trinajstić information content (AvgIpc) is 2.49. The third kappa shape index (κ3) is 1.16. The highest BCUT2D eigenvalue weighted by molar-refractivity contribution is 5.89. The van der Waals surface area contributed by atoms with Gasteiger partial charge >= 0.3 is 0 Å². The highest BCUT2D eigenvalue weighted by atomic mass is 16.6. The second-order valence-corrected chi connectivity index (χ2v) is 2.98. The van der Waals surface area contributed by atoms with Crippen molar-refractivity contribution in [2.24, 2.45) is 0 Å². The summed E-state index contributed by atoms with van der Waals surface area (Å²) in [5.41, 5.74) is 1.87. The lowest BCUT2D eigenvalue weighted by Gasteiger charge is -1.96.